The molecule has 0 atom stereocenters. The third kappa shape index (κ3) is 2.71. The molecule has 106 valence electrons. The van der Waals surface area contributed by atoms with Gasteiger partial charge in [0.25, 0.3) is 0 Å². The quantitative estimate of drug-likeness (QED) is 0.889. The van der Waals surface area contributed by atoms with Crippen LogP contribution in [0.4, 0.5) is 0 Å². The highest BCUT2D eigenvalue weighted by molar-refractivity contribution is 9.10. The van der Waals surface area contributed by atoms with E-state index in [0.717, 1.165) is 4.47 Å². The van der Waals surface area contributed by atoms with Gasteiger partial charge in [-0.05, 0) is 28.1 Å². The van der Waals surface area contributed by atoms with Gasteiger partial charge in [0.05, 0.1) is 5.69 Å². The molecular weight excluding hydrogens is 346 g/mol. The molecule has 0 aliphatic heterocycles. The fraction of sp³-hybridized carbons (Fsp3) is 0.308. The highest BCUT2D eigenvalue weighted by Gasteiger charge is 2.30. The Morgan fingerprint density at radius 3 is 2.45 bits per heavy atom. The first-order chi connectivity index (χ1) is 9.21. The Kier molecular flexibility index (Phi) is 3.88. The van der Waals surface area contributed by atoms with Gasteiger partial charge < -0.3 is 5.11 Å². The average molecular weight is 359 g/mol. The molecule has 5 nitrogen and oxygen atoms in total. The minimum Gasteiger partial charge on any atom is -0.478 e. The van der Waals surface area contributed by atoms with E-state index in [2.05, 4.69) is 26.0 Å². The fourth-order valence-corrected chi connectivity index (χ4v) is 2.29. The van der Waals surface area contributed by atoms with Crippen molar-refractivity contribution in [1.29, 1.82) is 0 Å². The molecule has 0 aromatic carbocycles. The predicted molar refractivity (Wildman–Crippen MR) is 79.7 cm³/mol. The average Bonchev–Trinajstić information content (AvgIpc) is 2.68. The third-order valence-corrected chi connectivity index (χ3v) is 3.50. The normalized spacial score (nSPS) is 11.7. The number of halogens is 2. The van der Waals surface area contributed by atoms with Crippen LogP contribution >= 0.6 is 27.5 Å². The molecule has 2 aromatic heterocycles. The van der Waals surface area contributed by atoms with Crippen LogP contribution < -0.4 is 0 Å². The fourth-order valence-electron chi connectivity index (χ4n) is 1.76. The van der Waals surface area contributed by atoms with E-state index >= 15 is 0 Å². The lowest BCUT2D eigenvalue weighted by Crippen LogP contribution is -2.16. The Balaban J connectivity index is 2.67. The summed E-state index contributed by atoms with van der Waals surface area (Å²) in [4.78, 5) is 15.6. The number of hydrogen-bond donors (Lipinski definition) is 1. The first-order valence-corrected chi connectivity index (χ1v) is 7.03. The van der Waals surface area contributed by atoms with E-state index in [1.807, 2.05) is 20.8 Å². The largest absolute Gasteiger partial charge is 0.478 e. The molecule has 0 aliphatic rings. The molecule has 0 aliphatic carbocycles. The number of carboxylic acid groups (broad SMARTS) is 1. The summed E-state index contributed by atoms with van der Waals surface area (Å²) in [6.07, 6.45) is 1.60. The zero-order valence-corrected chi connectivity index (χ0v) is 13.5. The number of hydrogen-bond acceptors (Lipinski definition) is 3. The van der Waals surface area contributed by atoms with E-state index in [4.69, 9.17) is 11.6 Å². The molecule has 0 bridgehead atoms. The van der Waals surface area contributed by atoms with Crippen molar-refractivity contribution in [2.75, 3.05) is 0 Å². The molecule has 20 heavy (non-hydrogen) atoms. The van der Waals surface area contributed by atoms with E-state index in [9.17, 15) is 9.90 Å². The molecule has 0 saturated carbocycles. The van der Waals surface area contributed by atoms with Crippen molar-refractivity contribution in [3.05, 3.63) is 39.2 Å². The van der Waals surface area contributed by atoms with Gasteiger partial charge in [-0.1, -0.05) is 32.4 Å². The van der Waals surface area contributed by atoms with Gasteiger partial charge in [-0.2, -0.15) is 5.10 Å². The number of aromatic carboxylic acids is 1. The zero-order chi connectivity index (χ0) is 15.1. The summed E-state index contributed by atoms with van der Waals surface area (Å²) in [5.74, 6) is -0.625. The van der Waals surface area contributed by atoms with Crippen LogP contribution in [0.1, 0.15) is 36.8 Å². The number of aromatic nitrogens is 3. The van der Waals surface area contributed by atoms with Gasteiger partial charge in [-0.25, -0.2) is 14.5 Å². The molecule has 2 aromatic rings. The molecule has 0 saturated heterocycles. The van der Waals surface area contributed by atoms with Crippen LogP contribution in [0.2, 0.25) is 5.15 Å². The van der Waals surface area contributed by atoms with Gasteiger partial charge in [-0.3, -0.25) is 0 Å². The Labute approximate surface area is 129 Å². The van der Waals surface area contributed by atoms with Gasteiger partial charge in [0.15, 0.2) is 5.82 Å². The monoisotopic (exact) mass is 357 g/mol. The zero-order valence-electron chi connectivity index (χ0n) is 11.2. The van der Waals surface area contributed by atoms with Gasteiger partial charge in [0, 0.05) is 16.1 Å². The Bertz CT molecular complexity index is 659. The van der Waals surface area contributed by atoms with Crippen LogP contribution in [-0.4, -0.2) is 25.8 Å². The lowest BCUT2D eigenvalue weighted by Gasteiger charge is -2.15. The molecule has 2 rings (SSSR count). The molecule has 2 heterocycles. The van der Waals surface area contributed by atoms with E-state index < -0.39 is 11.4 Å². The number of pyridine rings is 1. The minimum absolute atomic E-state index is 0.0175. The summed E-state index contributed by atoms with van der Waals surface area (Å²) in [5, 5.41) is 13.7. The smallest absolute Gasteiger partial charge is 0.340 e. The molecular formula is C13H13BrClN3O2. The van der Waals surface area contributed by atoms with E-state index in [0.29, 0.717) is 11.5 Å². The SMILES string of the molecule is CC(C)(C)c1nn(-c2ccc(Br)cn2)c(Cl)c1C(=O)O. The van der Waals surface area contributed by atoms with Gasteiger partial charge in [0.1, 0.15) is 10.7 Å². The van der Waals surface area contributed by atoms with Crippen molar-refractivity contribution in [3.63, 3.8) is 0 Å². The number of nitrogens with zero attached hydrogens (tertiary/aromatic N) is 3. The summed E-state index contributed by atoms with van der Waals surface area (Å²) in [5.41, 5.74) is 0.0152. The summed E-state index contributed by atoms with van der Waals surface area (Å²) in [6.45, 7) is 5.66. The summed E-state index contributed by atoms with van der Waals surface area (Å²) < 4.78 is 2.16. The summed E-state index contributed by atoms with van der Waals surface area (Å²) >= 11 is 9.46. The second-order valence-corrected chi connectivity index (χ2v) is 6.59. The minimum atomic E-state index is -1.09. The van der Waals surface area contributed by atoms with Crippen LogP contribution in [-0.2, 0) is 5.41 Å². The molecule has 1 N–H and O–H groups in total. The molecule has 0 spiro atoms. The van der Waals surface area contributed by atoms with Gasteiger partial charge in [-0.15, -0.1) is 0 Å². The van der Waals surface area contributed by atoms with E-state index in [-0.39, 0.29) is 10.7 Å². The third-order valence-electron chi connectivity index (χ3n) is 2.68. The van der Waals surface area contributed by atoms with Crippen LogP contribution in [0, 0.1) is 0 Å². The van der Waals surface area contributed by atoms with E-state index in [1.165, 1.54) is 4.68 Å². The maximum absolute atomic E-state index is 11.4. The standard InChI is InChI=1S/C13H13BrClN3O2/c1-13(2,3)10-9(12(19)20)11(15)18(17-10)8-5-4-7(14)6-16-8/h4-6H,1-3H3,(H,19,20). The first-order valence-electron chi connectivity index (χ1n) is 5.86. The highest BCUT2D eigenvalue weighted by Crippen LogP contribution is 2.31. The molecule has 0 unspecified atom stereocenters. The molecule has 7 heteroatoms. The lowest BCUT2D eigenvalue weighted by molar-refractivity contribution is 0.0694. The van der Waals surface area contributed by atoms with Crippen LogP contribution in [0.15, 0.2) is 22.8 Å². The predicted octanol–water partition coefficient (Wildman–Crippen LogP) is 3.68. The number of carboxylic acids is 1. The van der Waals surface area contributed by atoms with Crippen LogP contribution in [0.5, 0.6) is 0 Å². The Morgan fingerprint density at radius 1 is 1.40 bits per heavy atom. The maximum Gasteiger partial charge on any atom is 0.340 e. The highest BCUT2D eigenvalue weighted by atomic mass is 79.9. The maximum atomic E-state index is 11.4. The van der Waals surface area contributed by atoms with Gasteiger partial charge in [0.2, 0.25) is 0 Å². The van der Waals surface area contributed by atoms with Crippen molar-refractivity contribution in [3.8, 4) is 5.82 Å². The molecule has 0 amide bonds. The number of rotatable bonds is 2. The molecule has 0 fully saturated rings. The van der Waals surface area contributed by atoms with Crippen molar-refractivity contribution in [1.82, 2.24) is 14.8 Å². The molecule has 0 radical (unpaired) electrons. The second-order valence-electron chi connectivity index (χ2n) is 5.32. The Hall–Kier alpha value is -1.40. The van der Waals surface area contributed by atoms with Crippen molar-refractivity contribution in [2.24, 2.45) is 0 Å². The number of carbonyl (C=O) groups is 1. The van der Waals surface area contributed by atoms with Crippen LogP contribution in [0.3, 0.4) is 0 Å². The topological polar surface area (TPSA) is 68.0 Å². The van der Waals surface area contributed by atoms with Crippen molar-refractivity contribution in [2.45, 2.75) is 26.2 Å². The second kappa shape index (κ2) is 5.18. The first kappa shape index (κ1) is 15.0. The van der Waals surface area contributed by atoms with Crippen LogP contribution in [0.25, 0.3) is 5.82 Å². The summed E-state index contributed by atoms with van der Waals surface area (Å²) in [6, 6.07) is 3.50. The van der Waals surface area contributed by atoms with E-state index in [1.54, 1.807) is 18.3 Å². The van der Waals surface area contributed by atoms with Gasteiger partial charge >= 0.3 is 5.97 Å². The van der Waals surface area contributed by atoms with Crippen molar-refractivity contribution < 1.29 is 9.90 Å². The Morgan fingerprint density at radius 2 is 2.05 bits per heavy atom. The lowest BCUT2D eigenvalue weighted by atomic mass is 9.89. The van der Waals surface area contributed by atoms with Crippen molar-refractivity contribution >= 4 is 33.5 Å². The summed E-state index contributed by atoms with van der Waals surface area (Å²) in [7, 11) is 0.